The Morgan fingerprint density at radius 2 is 0.952 bits per heavy atom. The molecule has 0 aromatic heterocycles. The fourth-order valence-corrected chi connectivity index (χ4v) is 11.6. The molecule has 230 valence electrons. The highest BCUT2D eigenvalue weighted by Gasteiger charge is 2.52. The van der Waals surface area contributed by atoms with Crippen LogP contribution in [0.3, 0.4) is 0 Å². The fourth-order valence-electron chi connectivity index (χ4n) is 11.6. The molecule has 0 heterocycles. The zero-order valence-corrected chi connectivity index (χ0v) is 28.4. The van der Waals surface area contributed by atoms with Crippen molar-refractivity contribution in [1.82, 2.24) is 0 Å². The van der Waals surface area contributed by atoms with Gasteiger partial charge in [-0.15, -0.1) is 0 Å². The van der Waals surface area contributed by atoms with Gasteiger partial charge >= 0.3 is 0 Å². The minimum absolute atomic E-state index is 0.0938. The molecule has 0 spiro atoms. The summed E-state index contributed by atoms with van der Waals surface area (Å²) in [6.45, 7) is 23.9. The van der Waals surface area contributed by atoms with E-state index in [1.807, 2.05) is 0 Å². The summed E-state index contributed by atoms with van der Waals surface area (Å²) in [5.41, 5.74) is 10.5. The van der Waals surface area contributed by atoms with Crippen LogP contribution in [0.2, 0.25) is 0 Å². The summed E-state index contributed by atoms with van der Waals surface area (Å²) >= 11 is 0. The maximum absolute atomic E-state index is 12.2. The van der Waals surface area contributed by atoms with Crippen molar-refractivity contribution in [3.8, 4) is 22.6 Å². The van der Waals surface area contributed by atoms with Gasteiger partial charge in [0.2, 0.25) is 0 Å². The van der Waals surface area contributed by atoms with Gasteiger partial charge in [0, 0.05) is 22.3 Å². The van der Waals surface area contributed by atoms with E-state index in [1.165, 1.54) is 73.6 Å². The van der Waals surface area contributed by atoms with Crippen LogP contribution in [0.25, 0.3) is 11.1 Å². The number of hydrogen-bond acceptors (Lipinski definition) is 2. The molecule has 0 saturated heterocycles. The minimum Gasteiger partial charge on any atom is -0.507 e. The zero-order valence-electron chi connectivity index (χ0n) is 28.4. The highest BCUT2D eigenvalue weighted by Crippen LogP contribution is 2.62. The minimum atomic E-state index is 0.0938. The van der Waals surface area contributed by atoms with Gasteiger partial charge in [-0.3, -0.25) is 0 Å². The first-order valence-electron chi connectivity index (χ1n) is 17.3. The van der Waals surface area contributed by atoms with Gasteiger partial charge in [-0.1, -0.05) is 82.1 Å². The number of hydrogen-bond donors (Lipinski definition) is 2. The number of phenols is 2. The van der Waals surface area contributed by atoms with Crippen molar-refractivity contribution in [1.29, 1.82) is 0 Å². The number of fused-ring (bicyclic) bond motifs is 6. The Hall–Kier alpha value is -1.96. The molecule has 2 fully saturated rings. The van der Waals surface area contributed by atoms with Crippen molar-refractivity contribution in [2.45, 2.75) is 156 Å². The molecule has 0 aliphatic heterocycles. The molecule has 2 aromatic rings. The first kappa shape index (κ1) is 30.1. The third-order valence-electron chi connectivity index (χ3n) is 13.4. The normalized spacial score (nSPS) is 31.3. The number of phenolic OH excluding ortho intramolecular Hbond substituents is 2. The van der Waals surface area contributed by atoms with Crippen LogP contribution < -0.4 is 0 Å². The molecule has 4 aliphatic rings. The molecule has 42 heavy (non-hydrogen) atoms. The average molecular weight is 571 g/mol. The largest absolute Gasteiger partial charge is 0.507 e. The van der Waals surface area contributed by atoms with Gasteiger partial charge < -0.3 is 10.2 Å². The molecule has 0 amide bonds. The van der Waals surface area contributed by atoms with Crippen molar-refractivity contribution in [2.24, 2.45) is 22.7 Å². The standard InChI is InChI=1S/C40H58O2/c1-23(2)33-25-13-15-31-37(5,6)17-11-19-39(31,9)29(25)21-27(35(33)41)28-22-30-26(34(24(3)4)36(28)42)14-16-32-38(7,8)18-12-20-40(30,32)10/h21-24,31-32,41-42H,11-20H2,1-10H3/t31-,32-,39-,40-/m1/s1. The van der Waals surface area contributed by atoms with E-state index < -0.39 is 0 Å². The predicted octanol–water partition coefficient (Wildman–Crippen LogP) is 11.1. The van der Waals surface area contributed by atoms with Crippen LogP contribution in [0.5, 0.6) is 11.5 Å². The van der Waals surface area contributed by atoms with Crippen LogP contribution in [0.1, 0.15) is 166 Å². The summed E-state index contributed by atoms with van der Waals surface area (Å²) in [4.78, 5) is 0. The molecule has 0 bridgehead atoms. The third kappa shape index (κ3) is 4.16. The lowest BCUT2D eigenvalue weighted by atomic mass is 9.49. The molecule has 6 rings (SSSR count). The Kier molecular flexibility index (Phi) is 7.00. The molecule has 2 nitrogen and oxygen atoms in total. The lowest BCUT2D eigenvalue weighted by Crippen LogP contribution is -2.48. The van der Waals surface area contributed by atoms with Gasteiger partial charge in [-0.05, 0) is 131 Å². The topological polar surface area (TPSA) is 40.5 Å². The Balaban J connectivity index is 1.64. The van der Waals surface area contributed by atoms with Gasteiger partial charge in [0.15, 0.2) is 0 Å². The van der Waals surface area contributed by atoms with E-state index in [4.69, 9.17) is 0 Å². The molecule has 2 N–H and O–H groups in total. The molecule has 4 aliphatic carbocycles. The molecule has 0 radical (unpaired) electrons. The van der Waals surface area contributed by atoms with Crippen molar-refractivity contribution in [3.05, 3.63) is 45.5 Å². The molecule has 2 saturated carbocycles. The third-order valence-corrected chi connectivity index (χ3v) is 13.4. The molecule has 2 aromatic carbocycles. The fraction of sp³-hybridized carbons (Fsp3) is 0.700. The summed E-state index contributed by atoms with van der Waals surface area (Å²) in [5.74, 6) is 2.54. The van der Waals surface area contributed by atoms with Gasteiger partial charge in [-0.2, -0.15) is 0 Å². The molecular formula is C40H58O2. The van der Waals surface area contributed by atoms with Crippen LogP contribution in [-0.4, -0.2) is 10.2 Å². The number of aromatic hydroxyl groups is 2. The van der Waals surface area contributed by atoms with Gasteiger partial charge in [0.25, 0.3) is 0 Å². The highest BCUT2D eigenvalue weighted by molar-refractivity contribution is 5.82. The summed E-state index contributed by atoms with van der Waals surface area (Å²) < 4.78 is 0. The van der Waals surface area contributed by atoms with Crippen LogP contribution in [-0.2, 0) is 23.7 Å². The second kappa shape index (κ2) is 9.77. The van der Waals surface area contributed by atoms with Crippen LogP contribution >= 0.6 is 0 Å². The Morgan fingerprint density at radius 3 is 1.29 bits per heavy atom. The first-order valence-corrected chi connectivity index (χ1v) is 17.3. The quantitative estimate of drug-likeness (QED) is 0.385. The van der Waals surface area contributed by atoms with Gasteiger partial charge in [-0.25, -0.2) is 0 Å². The SMILES string of the molecule is CC(C)c1c(O)c(-c2cc3c(c(C(C)C)c2O)CC[C@@H]2C(C)(C)CCC[C@]32C)cc2c1CC[C@@H]1C(C)(C)CCC[C@]21C. The molecule has 0 unspecified atom stereocenters. The number of rotatable bonds is 3. The smallest absolute Gasteiger partial charge is 0.127 e. The van der Waals surface area contributed by atoms with E-state index in [1.54, 1.807) is 0 Å². The van der Waals surface area contributed by atoms with Crippen molar-refractivity contribution < 1.29 is 10.2 Å². The van der Waals surface area contributed by atoms with Crippen molar-refractivity contribution in [3.63, 3.8) is 0 Å². The second-order valence-corrected chi connectivity index (χ2v) is 17.4. The zero-order chi connectivity index (χ0) is 30.6. The monoisotopic (exact) mass is 570 g/mol. The maximum Gasteiger partial charge on any atom is 0.127 e. The average Bonchev–Trinajstić information content (AvgIpc) is 2.86. The van der Waals surface area contributed by atoms with E-state index >= 15 is 0 Å². The molecule has 2 heteroatoms. The van der Waals surface area contributed by atoms with Crippen LogP contribution in [0, 0.1) is 22.7 Å². The lowest BCUT2D eigenvalue weighted by molar-refractivity contribution is 0.0402. The predicted molar refractivity (Wildman–Crippen MR) is 177 cm³/mol. The van der Waals surface area contributed by atoms with Crippen molar-refractivity contribution >= 4 is 0 Å². The van der Waals surface area contributed by atoms with Gasteiger partial charge in [0.05, 0.1) is 0 Å². The summed E-state index contributed by atoms with van der Waals surface area (Å²) in [7, 11) is 0. The molecule has 4 atom stereocenters. The van der Waals surface area contributed by atoms with Crippen LogP contribution in [0.15, 0.2) is 12.1 Å². The Bertz CT molecular complexity index is 1300. The van der Waals surface area contributed by atoms with Crippen molar-refractivity contribution in [2.75, 3.05) is 0 Å². The summed E-state index contributed by atoms with van der Waals surface area (Å²) in [6.07, 6.45) is 12.0. The van der Waals surface area contributed by atoms with Crippen LogP contribution in [0.4, 0.5) is 0 Å². The number of benzene rings is 2. The second-order valence-electron chi connectivity index (χ2n) is 17.4. The highest BCUT2D eigenvalue weighted by atomic mass is 16.3. The van der Waals surface area contributed by atoms with E-state index in [-0.39, 0.29) is 22.7 Å². The first-order chi connectivity index (χ1) is 19.5. The van der Waals surface area contributed by atoms with E-state index in [9.17, 15) is 10.2 Å². The Morgan fingerprint density at radius 1 is 0.595 bits per heavy atom. The summed E-state index contributed by atoms with van der Waals surface area (Å²) in [6, 6.07) is 4.70. The lowest BCUT2D eigenvalue weighted by Gasteiger charge is -2.55. The van der Waals surface area contributed by atoms with E-state index in [2.05, 4.69) is 81.4 Å². The molecular weight excluding hydrogens is 512 g/mol. The Labute approximate surface area is 256 Å². The van der Waals surface area contributed by atoms with Gasteiger partial charge in [0.1, 0.15) is 11.5 Å². The van der Waals surface area contributed by atoms with E-state index in [0.29, 0.717) is 34.2 Å². The summed E-state index contributed by atoms with van der Waals surface area (Å²) in [5, 5.41) is 24.4. The maximum atomic E-state index is 12.2. The van der Waals surface area contributed by atoms with E-state index in [0.717, 1.165) is 35.1 Å².